The molecule has 4 N–H and O–H groups in total. The molecule has 0 fully saturated rings. The molecule has 0 aliphatic rings. The predicted octanol–water partition coefficient (Wildman–Crippen LogP) is 8.93. The molecule has 0 aliphatic heterocycles. The summed E-state index contributed by atoms with van der Waals surface area (Å²) in [6.45, 7) is 1.37. The number of ether oxygens (including phenoxy) is 4. The van der Waals surface area contributed by atoms with Gasteiger partial charge in [-0.1, -0.05) is 121 Å². The van der Waals surface area contributed by atoms with Gasteiger partial charge < -0.3 is 35.3 Å². The van der Waals surface area contributed by atoms with Crippen LogP contribution in [0.4, 0.5) is 21.9 Å². The van der Waals surface area contributed by atoms with Crippen LogP contribution in [-0.4, -0.2) is 62.8 Å². The Labute approximate surface area is 451 Å². The largest absolute Gasteiger partial charge is 0.445 e. The Kier molecular flexibility index (Phi) is 24.2. The number of hydrogen-bond donors (Lipinski definition) is 3. The summed E-state index contributed by atoms with van der Waals surface area (Å²) < 4.78 is 20.8. The first kappa shape index (κ1) is 59.9. The first-order valence-electron chi connectivity index (χ1n) is 23.0. The van der Waals surface area contributed by atoms with Crippen LogP contribution in [0.3, 0.4) is 0 Å². The monoisotopic (exact) mass is 1110 g/mol. The summed E-state index contributed by atoms with van der Waals surface area (Å²) in [5.74, 6) is -1.74. The maximum absolute atomic E-state index is 12.7. The topological polar surface area (TPSA) is 302 Å². The molecule has 0 spiro atoms. The number of benzene rings is 7. The number of hydrogen-bond acceptors (Lipinski definition) is 16. The van der Waals surface area contributed by atoms with Gasteiger partial charge in [0, 0.05) is 56.2 Å². The average Bonchev–Trinajstić information content (AvgIpc) is 3.41. The zero-order chi connectivity index (χ0) is 54.8. The zero-order valence-electron chi connectivity index (χ0n) is 41.0. The summed E-state index contributed by atoms with van der Waals surface area (Å²) >= 11 is 0. The molecule has 7 rings (SSSR count). The number of esters is 3. The number of carbonyl (C=O) groups is 5. The first-order valence-corrected chi connectivity index (χ1v) is 23.0. The van der Waals surface area contributed by atoms with Crippen molar-refractivity contribution in [1.82, 2.24) is 10.6 Å². The number of halogens is 1. The summed E-state index contributed by atoms with van der Waals surface area (Å²) in [6, 6.07) is 49.7. The van der Waals surface area contributed by atoms with E-state index in [1.807, 2.05) is 121 Å². The van der Waals surface area contributed by atoms with Crippen molar-refractivity contribution in [3.63, 3.8) is 0 Å². The van der Waals surface area contributed by atoms with Crippen molar-refractivity contribution in [2.24, 2.45) is 5.73 Å². The standard InChI is InChI=1S/C23H20N2O6.C17H16N2O5.C15H14N2O4.BrH/c26-22(31-20-13-11-19(12-14-20)25(28)29)21(15-17-7-3-1-4-8-17)24-23(27)30-16-18-9-5-2-6-10-18;1-12(20)18-16(11-13-5-3-2-4-6-13)17(21)24-15-9-7-14(8-10-15)19(22)23;16-14(10-11-4-2-1-3-5-11)15(18)21-13-8-6-12(7-9-13)17(19)20;/h1-14,21H,15-16H2,(H,24,27);2-10,16H,11H2,1H3,(H,18,20);1-9,14H,10,16H2;1H/t21-;16-;14-;/m000./s1. The molecule has 22 heteroatoms. The van der Waals surface area contributed by atoms with Crippen molar-refractivity contribution in [3.8, 4) is 17.2 Å². The van der Waals surface area contributed by atoms with E-state index >= 15 is 0 Å². The molecule has 21 nitrogen and oxygen atoms in total. The number of nitrogens with zero attached hydrogens (tertiary/aromatic N) is 3. The SMILES string of the molecule is Br.CC(=O)N[C@@H](Cc1ccccc1)C(=O)Oc1ccc([N+](=O)[O-])cc1.N[C@@H](Cc1ccccc1)C(=O)Oc1ccc([N+](=O)[O-])cc1.O=C(N[C@@H](Cc1ccccc1)C(=O)Oc1ccc([N+](=O)[O-])cc1)OCc1ccccc1. The second-order valence-corrected chi connectivity index (χ2v) is 16.2. The minimum absolute atomic E-state index is 0. The van der Waals surface area contributed by atoms with Gasteiger partial charge in [0.05, 0.1) is 14.8 Å². The lowest BCUT2D eigenvalue weighted by Crippen LogP contribution is -2.44. The number of non-ortho nitro benzene ring substituents is 3. The van der Waals surface area contributed by atoms with Crippen molar-refractivity contribution in [1.29, 1.82) is 0 Å². The van der Waals surface area contributed by atoms with E-state index in [0.717, 1.165) is 22.3 Å². The Balaban J connectivity index is 0.000000253. The average molecular weight is 1120 g/mol. The van der Waals surface area contributed by atoms with Gasteiger partial charge in [-0.25, -0.2) is 19.2 Å². The molecular formula is C55H51BrN6O15. The second kappa shape index (κ2) is 31.2. The summed E-state index contributed by atoms with van der Waals surface area (Å²) in [5.41, 5.74) is 8.94. The van der Waals surface area contributed by atoms with Crippen LogP contribution in [0.5, 0.6) is 17.2 Å². The minimum Gasteiger partial charge on any atom is -0.445 e. The van der Waals surface area contributed by atoms with Gasteiger partial charge in [0.2, 0.25) is 5.91 Å². The van der Waals surface area contributed by atoms with Gasteiger partial charge in [0.15, 0.2) is 0 Å². The Morgan fingerprint density at radius 1 is 0.442 bits per heavy atom. The normalized spacial score (nSPS) is 11.2. The van der Waals surface area contributed by atoms with Crippen molar-refractivity contribution in [2.45, 2.75) is 50.9 Å². The van der Waals surface area contributed by atoms with Crippen LogP contribution < -0.4 is 30.6 Å². The lowest BCUT2D eigenvalue weighted by molar-refractivity contribution is -0.385. The van der Waals surface area contributed by atoms with Gasteiger partial charge in [-0.2, -0.15) is 0 Å². The molecule has 398 valence electrons. The smallest absolute Gasteiger partial charge is 0.408 e. The zero-order valence-corrected chi connectivity index (χ0v) is 42.7. The number of alkyl carbamates (subject to hydrolysis) is 1. The van der Waals surface area contributed by atoms with Crippen molar-refractivity contribution >= 4 is 64.0 Å². The number of nitro groups is 3. The van der Waals surface area contributed by atoms with Crippen molar-refractivity contribution < 1.29 is 57.7 Å². The number of nitrogens with one attached hydrogen (secondary N) is 2. The van der Waals surface area contributed by atoms with E-state index in [4.69, 9.17) is 24.7 Å². The van der Waals surface area contributed by atoms with Crippen molar-refractivity contribution in [3.05, 3.63) is 247 Å². The first-order chi connectivity index (χ1) is 36.5. The highest BCUT2D eigenvalue weighted by molar-refractivity contribution is 8.93. The molecule has 0 saturated heterocycles. The Hall–Kier alpha value is -9.67. The van der Waals surface area contributed by atoms with E-state index < -0.39 is 56.9 Å². The Bertz CT molecular complexity index is 3030. The molecule has 3 atom stereocenters. The molecule has 0 aliphatic carbocycles. The number of amides is 2. The highest BCUT2D eigenvalue weighted by atomic mass is 79.9. The van der Waals surface area contributed by atoms with Crippen LogP contribution in [0.25, 0.3) is 0 Å². The van der Waals surface area contributed by atoms with E-state index in [9.17, 15) is 54.3 Å². The third-order valence-corrected chi connectivity index (χ3v) is 10.4. The number of rotatable bonds is 19. The molecule has 2 amide bonds. The maximum Gasteiger partial charge on any atom is 0.408 e. The lowest BCUT2D eigenvalue weighted by atomic mass is 10.1. The summed E-state index contributed by atoms with van der Waals surface area (Å²) in [6.07, 6.45) is 0.0804. The third kappa shape index (κ3) is 21.4. The van der Waals surface area contributed by atoms with Crippen LogP contribution in [0.2, 0.25) is 0 Å². The number of nitrogens with two attached hydrogens (primary N) is 1. The van der Waals surface area contributed by atoms with Gasteiger partial charge in [-0.05, 0) is 65.1 Å². The maximum atomic E-state index is 12.7. The molecule has 0 heterocycles. The molecule has 7 aromatic rings. The lowest BCUT2D eigenvalue weighted by Gasteiger charge is -2.17. The van der Waals surface area contributed by atoms with Gasteiger partial charge in [0.25, 0.3) is 17.1 Å². The fourth-order valence-electron chi connectivity index (χ4n) is 6.66. The Morgan fingerprint density at radius 2 is 0.740 bits per heavy atom. The third-order valence-electron chi connectivity index (χ3n) is 10.4. The summed E-state index contributed by atoms with van der Waals surface area (Å²) in [4.78, 5) is 90.8. The van der Waals surface area contributed by atoms with Crippen LogP contribution in [0.1, 0.15) is 29.2 Å². The molecule has 0 bridgehead atoms. The molecular weight excluding hydrogens is 1060 g/mol. The van der Waals surface area contributed by atoms with E-state index in [2.05, 4.69) is 10.6 Å². The quantitative estimate of drug-likeness (QED) is 0.0294. The molecule has 0 radical (unpaired) electrons. The van der Waals surface area contributed by atoms with Crippen molar-refractivity contribution in [2.75, 3.05) is 0 Å². The Morgan fingerprint density at radius 3 is 1.06 bits per heavy atom. The van der Waals surface area contributed by atoms with Crippen LogP contribution in [-0.2, 0) is 49.8 Å². The van der Waals surface area contributed by atoms with Gasteiger partial charge in [-0.15, -0.1) is 17.0 Å². The predicted molar refractivity (Wildman–Crippen MR) is 286 cm³/mol. The van der Waals surface area contributed by atoms with E-state index in [-0.39, 0.29) is 76.6 Å². The molecule has 0 unspecified atom stereocenters. The minimum atomic E-state index is -1.01. The fourth-order valence-corrected chi connectivity index (χ4v) is 6.66. The number of nitro benzene ring substituents is 3. The summed E-state index contributed by atoms with van der Waals surface area (Å²) in [7, 11) is 0. The summed E-state index contributed by atoms with van der Waals surface area (Å²) in [5, 5.41) is 37.0. The highest BCUT2D eigenvalue weighted by Crippen LogP contribution is 2.21. The van der Waals surface area contributed by atoms with Gasteiger partial charge in [0.1, 0.15) is 42.0 Å². The van der Waals surface area contributed by atoms with Crippen LogP contribution >= 0.6 is 17.0 Å². The molecule has 7 aromatic carbocycles. The van der Waals surface area contributed by atoms with Crippen LogP contribution in [0, 0.1) is 30.3 Å². The highest BCUT2D eigenvalue weighted by Gasteiger charge is 2.26. The molecule has 77 heavy (non-hydrogen) atoms. The van der Waals surface area contributed by atoms with Crippen LogP contribution in [0.15, 0.2) is 194 Å². The second-order valence-electron chi connectivity index (χ2n) is 16.2. The van der Waals surface area contributed by atoms with Gasteiger partial charge >= 0.3 is 24.0 Å². The number of carbonyl (C=O) groups excluding carboxylic acids is 5. The fraction of sp³-hybridized carbons (Fsp3) is 0.145. The molecule has 0 aromatic heterocycles. The van der Waals surface area contributed by atoms with E-state index in [0.29, 0.717) is 6.42 Å². The van der Waals surface area contributed by atoms with E-state index in [1.54, 1.807) is 0 Å². The molecule has 0 saturated carbocycles. The van der Waals surface area contributed by atoms with Gasteiger partial charge in [-0.3, -0.25) is 35.1 Å². The van der Waals surface area contributed by atoms with E-state index in [1.165, 1.54) is 79.7 Å².